The van der Waals surface area contributed by atoms with E-state index in [1.807, 2.05) is 12.1 Å². The van der Waals surface area contributed by atoms with Gasteiger partial charge in [0.1, 0.15) is 17.7 Å². The Bertz CT molecular complexity index is 393. The summed E-state index contributed by atoms with van der Waals surface area (Å²) in [5, 5.41) is 6.62. The SMILES string of the molecule is CC[C@@H]1CNCc2nc(NCCCCl)ccc2O1.Cl.Cl. The monoisotopic (exact) mass is 341 g/mol. The second-order valence-corrected chi connectivity index (χ2v) is 4.77. The molecule has 2 heterocycles. The van der Waals surface area contributed by atoms with Crippen LogP contribution in [-0.4, -0.2) is 30.1 Å². The van der Waals surface area contributed by atoms with Crippen molar-refractivity contribution in [3.8, 4) is 5.75 Å². The maximum atomic E-state index is 5.91. The van der Waals surface area contributed by atoms with Crippen LogP contribution >= 0.6 is 36.4 Å². The van der Waals surface area contributed by atoms with E-state index in [2.05, 4.69) is 22.5 Å². The minimum Gasteiger partial charge on any atom is -0.487 e. The number of halogens is 3. The number of aromatic nitrogens is 1. The predicted molar refractivity (Wildman–Crippen MR) is 89.0 cm³/mol. The van der Waals surface area contributed by atoms with Gasteiger partial charge < -0.3 is 15.4 Å². The summed E-state index contributed by atoms with van der Waals surface area (Å²) in [6.45, 7) is 4.62. The fourth-order valence-electron chi connectivity index (χ4n) is 1.90. The third-order valence-corrected chi connectivity index (χ3v) is 3.23. The van der Waals surface area contributed by atoms with Crippen LogP contribution in [0.5, 0.6) is 5.75 Å². The lowest BCUT2D eigenvalue weighted by Crippen LogP contribution is -2.27. The van der Waals surface area contributed by atoms with E-state index in [0.29, 0.717) is 5.88 Å². The number of nitrogens with zero attached hydrogens (tertiary/aromatic N) is 1. The van der Waals surface area contributed by atoms with E-state index >= 15 is 0 Å². The molecule has 116 valence electrons. The number of rotatable bonds is 5. The van der Waals surface area contributed by atoms with Crippen LogP contribution in [0.3, 0.4) is 0 Å². The summed E-state index contributed by atoms with van der Waals surface area (Å²) in [5.74, 6) is 2.45. The molecule has 0 radical (unpaired) electrons. The Kier molecular flexibility index (Phi) is 10.1. The molecule has 1 aliphatic heterocycles. The van der Waals surface area contributed by atoms with Crippen LogP contribution in [0.4, 0.5) is 5.82 Å². The fraction of sp³-hybridized carbons (Fsp3) is 0.615. The zero-order valence-corrected chi connectivity index (χ0v) is 13.9. The summed E-state index contributed by atoms with van der Waals surface area (Å²) in [5.41, 5.74) is 0.974. The second kappa shape index (κ2) is 10.3. The lowest BCUT2D eigenvalue weighted by atomic mass is 10.3. The summed E-state index contributed by atoms with van der Waals surface area (Å²) in [6.07, 6.45) is 2.18. The molecule has 0 amide bonds. The van der Waals surface area contributed by atoms with Gasteiger partial charge in [-0.3, -0.25) is 0 Å². The molecule has 0 saturated heterocycles. The van der Waals surface area contributed by atoms with Gasteiger partial charge in [0.25, 0.3) is 0 Å². The van der Waals surface area contributed by atoms with Gasteiger partial charge in [-0.05, 0) is 25.0 Å². The highest BCUT2D eigenvalue weighted by atomic mass is 35.5. The first-order chi connectivity index (χ1) is 8.83. The predicted octanol–water partition coefficient (Wildman–Crippen LogP) is 3.23. The molecule has 7 heteroatoms. The van der Waals surface area contributed by atoms with Gasteiger partial charge in [0.2, 0.25) is 0 Å². The van der Waals surface area contributed by atoms with E-state index in [1.165, 1.54) is 0 Å². The number of nitrogens with one attached hydrogen (secondary N) is 2. The largest absolute Gasteiger partial charge is 0.487 e. The van der Waals surface area contributed by atoms with Crippen molar-refractivity contribution in [1.82, 2.24) is 10.3 Å². The Morgan fingerprint density at radius 2 is 2.25 bits per heavy atom. The molecule has 0 fully saturated rings. The topological polar surface area (TPSA) is 46.2 Å². The molecule has 0 spiro atoms. The summed E-state index contributed by atoms with van der Waals surface area (Å²) in [4.78, 5) is 4.57. The van der Waals surface area contributed by atoms with E-state index in [1.54, 1.807) is 0 Å². The van der Waals surface area contributed by atoms with Crippen LogP contribution in [0.1, 0.15) is 25.5 Å². The molecular formula is C13H22Cl3N3O. The fourth-order valence-corrected chi connectivity index (χ4v) is 2.04. The van der Waals surface area contributed by atoms with Crippen LogP contribution < -0.4 is 15.4 Å². The summed E-state index contributed by atoms with van der Waals surface area (Å²) in [6, 6.07) is 3.96. The average Bonchev–Trinajstić information content (AvgIpc) is 2.60. The molecule has 0 aliphatic carbocycles. The smallest absolute Gasteiger partial charge is 0.142 e. The molecule has 1 aliphatic rings. The highest BCUT2D eigenvalue weighted by Gasteiger charge is 2.16. The Morgan fingerprint density at radius 1 is 1.45 bits per heavy atom. The van der Waals surface area contributed by atoms with Crippen molar-refractivity contribution in [1.29, 1.82) is 0 Å². The molecule has 2 rings (SSSR count). The van der Waals surface area contributed by atoms with Crippen molar-refractivity contribution in [3.05, 3.63) is 17.8 Å². The number of pyridine rings is 1. The molecule has 0 unspecified atom stereocenters. The molecule has 1 aromatic heterocycles. The first-order valence-corrected chi connectivity index (χ1v) is 7.04. The van der Waals surface area contributed by atoms with E-state index in [4.69, 9.17) is 16.3 Å². The minimum absolute atomic E-state index is 0. The summed E-state index contributed by atoms with van der Waals surface area (Å²) < 4.78 is 5.91. The highest BCUT2D eigenvalue weighted by molar-refractivity contribution is 6.17. The van der Waals surface area contributed by atoms with Gasteiger partial charge in [-0.1, -0.05) is 6.92 Å². The minimum atomic E-state index is 0. The van der Waals surface area contributed by atoms with E-state index < -0.39 is 0 Å². The van der Waals surface area contributed by atoms with Gasteiger partial charge in [0, 0.05) is 25.5 Å². The zero-order valence-electron chi connectivity index (χ0n) is 11.5. The van der Waals surface area contributed by atoms with Crippen molar-refractivity contribution < 1.29 is 4.74 Å². The highest BCUT2D eigenvalue weighted by Crippen LogP contribution is 2.23. The number of ether oxygens (including phenoxy) is 1. The van der Waals surface area contributed by atoms with Crippen molar-refractivity contribution in [2.24, 2.45) is 0 Å². The van der Waals surface area contributed by atoms with Gasteiger partial charge >= 0.3 is 0 Å². The molecule has 4 nitrogen and oxygen atoms in total. The molecule has 0 aromatic carbocycles. The molecule has 1 aromatic rings. The zero-order chi connectivity index (χ0) is 12.8. The first kappa shape index (κ1) is 19.6. The summed E-state index contributed by atoms with van der Waals surface area (Å²) in [7, 11) is 0. The van der Waals surface area contributed by atoms with Crippen LogP contribution in [-0.2, 0) is 6.54 Å². The van der Waals surface area contributed by atoms with Crippen LogP contribution in [0, 0.1) is 0 Å². The van der Waals surface area contributed by atoms with Gasteiger partial charge in [-0.25, -0.2) is 4.98 Å². The maximum absolute atomic E-state index is 5.91. The van der Waals surface area contributed by atoms with Crippen molar-refractivity contribution in [2.75, 3.05) is 24.3 Å². The van der Waals surface area contributed by atoms with Crippen molar-refractivity contribution >= 4 is 42.2 Å². The second-order valence-electron chi connectivity index (χ2n) is 4.39. The average molecular weight is 343 g/mol. The standard InChI is InChI=1S/C13H20ClN3O.2ClH/c1-2-10-8-15-9-11-12(18-10)4-5-13(17-11)16-7-3-6-14;;/h4-5,10,15H,2-3,6-9H2,1H3,(H,16,17);2*1H/t10-;;/m1../s1. The van der Waals surface area contributed by atoms with Gasteiger partial charge in [0.05, 0.1) is 5.69 Å². The normalized spacial score (nSPS) is 16.8. The Balaban J connectivity index is 0.00000180. The first-order valence-electron chi connectivity index (χ1n) is 6.50. The molecule has 0 bridgehead atoms. The van der Waals surface area contributed by atoms with Gasteiger partial charge in [-0.2, -0.15) is 0 Å². The lowest BCUT2D eigenvalue weighted by Gasteiger charge is -2.15. The number of hydrogen-bond donors (Lipinski definition) is 2. The van der Waals surface area contributed by atoms with Gasteiger partial charge in [0.15, 0.2) is 0 Å². The molecule has 0 saturated carbocycles. The third-order valence-electron chi connectivity index (χ3n) is 2.96. The van der Waals surface area contributed by atoms with Crippen LogP contribution in [0.15, 0.2) is 12.1 Å². The Labute approximate surface area is 137 Å². The lowest BCUT2D eigenvalue weighted by molar-refractivity contribution is 0.201. The number of anilines is 1. The molecular weight excluding hydrogens is 321 g/mol. The number of alkyl halides is 1. The maximum Gasteiger partial charge on any atom is 0.142 e. The Hall–Kier alpha value is -0.420. The van der Waals surface area contributed by atoms with E-state index in [-0.39, 0.29) is 30.9 Å². The molecule has 20 heavy (non-hydrogen) atoms. The number of fused-ring (bicyclic) bond motifs is 1. The van der Waals surface area contributed by atoms with Crippen molar-refractivity contribution in [2.45, 2.75) is 32.4 Å². The van der Waals surface area contributed by atoms with E-state index in [9.17, 15) is 0 Å². The van der Waals surface area contributed by atoms with Crippen LogP contribution in [0.2, 0.25) is 0 Å². The third kappa shape index (κ3) is 5.52. The Morgan fingerprint density at radius 3 is 2.95 bits per heavy atom. The molecule has 1 atom stereocenters. The number of hydrogen-bond acceptors (Lipinski definition) is 4. The van der Waals surface area contributed by atoms with Gasteiger partial charge in [-0.15, -0.1) is 36.4 Å². The molecule has 2 N–H and O–H groups in total. The van der Waals surface area contributed by atoms with Crippen LogP contribution in [0.25, 0.3) is 0 Å². The quantitative estimate of drug-likeness (QED) is 0.637. The summed E-state index contributed by atoms with van der Waals surface area (Å²) >= 11 is 5.65. The van der Waals surface area contributed by atoms with Crippen molar-refractivity contribution in [3.63, 3.8) is 0 Å². The van der Waals surface area contributed by atoms with E-state index in [0.717, 1.165) is 49.7 Å².